The van der Waals surface area contributed by atoms with E-state index in [9.17, 15) is 0 Å². The molecule has 0 saturated heterocycles. The minimum Gasteiger partial charge on any atom is -0.208 e. The average molecular weight is 688 g/mol. The summed E-state index contributed by atoms with van der Waals surface area (Å²) in [5.41, 5.74) is 9.76. The highest BCUT2D eigenvalue weighted by atomic mass is 15.0. The van der Waals surface area contributed by atoms with Crippen molar-refractivity contribution in [3.8, 4) is 67.5 Å². The summed E-state index contributed by atoms with van der Waals surface area (Å²) in [5.74, 6) is 1.91. The summed E-state index contributed by atoms with van der Waals surface area (Å²) in [6.45, 7) is 0. The van der Waals surface area contributed by atoms with Gasteiger partial charge in [0.25, 0.3) is 0 Å². The van der Waals surface area contributed by atoms with Gasteiger partial charge in [0.1, 0.15) is 0 Å². The van der Waals surface area contributed by atoms with E-state index in [1.54, 1.807) is 0 Å². The quantitative estimate of drug-likeness (QED) is 0.163. The summed E-state index contributed by atoms with van der Waals surface area (Å²) >= 11 is 0. The summed E-state index contributed by atoms with van der Waals surface area (Å²) < 4.78 is 0. The third-order valence-corrected chi connectivity index (χ3v) is 10.4. The standard InChI is InChI=1S/C51H33N3/c1-3-11-34(12-4-1)36-19-25-39(26-20-36)49-52-50(40-27-21-37(22-28-40)35-13-5-2-6-14-35)54-51(53-49)41-29-23-38(24-30-41)42-31-32-47-45-17-8-7-15-43(45)44-16-9-10-18-46(44)48(47)33-42/h1-33H. The Bertz CT molecular complexity index is 2800. The molecule has 9 aromatic carbocycles. The van der Waals surface area contributed by atoms with Crippen LogP contribution in [0.2, 0.25) is 0 Å². The molecule has 0 atom stereocenters. The van der Waals surface area contributed by atoms with E-state index in [0.29, 0.717) is 17.5 Å². The van der Waals surface area contributed by atoms with Gasteiger partial charge in [-0.15, -0.1) is 0 Å². The molecule has 3 heteroatoms. The SMILES string of the molecule is c1ccc(-c2ccc(-c3nc(-c4ccc(-c5ccccc5)cc4)nc(-c4ccc(-c5ccc6c7ccccc7c7ccccc7c6c5)cc4)n3)cc2)cc1. The molecule has 0 radical (unpaired) electrons. The molecule has 0 spiro atoms. The van der Waals surface area contributed by atoms with Crippen LogP contribution in [-0.4, -0.2) is 15.0 Å². The first-order chi connectivity index (χ1) is 26.7. The van der Waals surface area contributed by atoms with E-state index < -0.39 is 0 Å². The lowest BCUT2D eigenvalue weighted by molar-refractivity contribution is 1.07. The molecule has 0 saturated carbocycles. The Labute approximate surface area is 313 Å². The van der Waals surface area contributed by atoms with Crippen molar-refractivity contribution < 1.29 is 0 Å². The highest BCUT2D eigenvalue weighted by molar-refractivity contribution is 6.25. The first kappa shape index (κ1) is 31.5. The number of aromatic nitrogens is 3. The van der Waals surface area contributed by atoms with Gasteiger partial charge in [-0.05, 0) is 71.8 Å². The Morgan fingerprint density at radius 3 is 0.833 bits per heavy atom. The summed E-state index contributed by atoms with van der Waals surface area (Å²) in [6.07, 6.45) is 0. The van der Waals surface area contributed by atoms with E-state index >= 15 is 0 Å². The molecule has 0 bridgehead atoms. The summed E-state index contributed by atoms with van der Waals surface area (Å²) in [4.78, 5) is 15.1. The molecule has 0 fully saturated rings. The van der Waals surface area contributed by atoms with Crippen LogP contribution in [0.4, 0.5) is 0 Å². The van der Waals surface area contributed by atoms with E-state index in [1.807, 2.05) is 12.1 Å². The van der Waals surface area contributed by atoms with Crippen LogP contribution in [0, 0.1) is 0 Å². The monoisotopic (exact) mass is 687 g/mol. The number of nitrogens with zero attached hydrogens (tertiary/aromatic N) is 3. The van der Waals surface area contributed by atoms with Crippen molar-refractivity contribution in [2.24, 2.45) is 0 Å². The van der Waals surface area contributed by atoms with Gasteiger partial charge in [0.2, 0.25) is 0 Å². The molecule has 3 nitrogen and oxygen atoms in total. The Hall–Kier alpha value is -7.23. The Morgan fingerprint density at radius 2 is 0.444 bits per heavy atom. The van der Waals surface area contributed by atoms with Crippen LogP contribution >= 0.6 is 0 Å². The maximum absolute atomic E-state index is 5.05. The third kappa shape index (κ3) is 5.78. The van der Waals surface area contributed by atoms with E-state index in [-0.39, 0.29) is 0 Å². The molecule has 0 N–H and O–H groups in total. The van der Waals surface area contributed by atoms with Crippen molar-refractivity contribution in [2.75, 3.05) is 0 Å². The van der Waals surface area contributed by atoms with Gasteiger partial charge in [-0.25, -0.2) is 15.0 Å². The normalized spacial score (nSPS) is 11.3. The van der Waals surface area contributed by atoms with Gasteiger partial charge in [-0.1, -0.05) is 194 Å². The molecule has 10 rings (SSSR count). The smallest absolute Gasteiger partial charge is 0.164 e. The molecular weight excluding hydrogens is 655 g/mol. The molecule has 252 valence electrons. The van der Waals surface area contributed by atoms with Crippen molar-refractivity contribution in [1.82, 2.24) is 15.0 Å². The van der Waals surface area contributed by atoms with Crippen LogP contribution in [0.5, 0.6) is 0 Å². The van der Waals surface area contributed by atoms with Gasteiger partial charge in [0.05, 0.1) is 0 Å². The molecule has 0 aliphatic heterocycles. The fraction of sp³-hybridized carbons (Fsp3) is 0. The first-order valence-electron chi connectivity index (χ1n) is 18.3. The van der Waals surface area contributed by atoms with E-state index in [1.165, 1.54) is 49.0 Å². The molecule has 54 heavy (non-hydrogen) atoms. The minimum atomic E-state index is 0.636. The Morgan fingerprint density at radius 1 is 0.185 bits per heavy atom. The van der Waals surface area contributed by atoms with Crippen LogP contribution in [0.1, 0.15) is 0 Å². The highest BCUT2D eigenvalue weighted by Gasteiger charge is 2.14. The number of fused-ring (bicyclic) bond motifs is 6. The van der Waals surface area contributed by atoms with Gasteiger partial charge < -0.3 is 0 Å². The summed E-state index contributed by atoms with van der Waals surface area (Å²) in [7, 11) is 0. The molecular formula is C51H33N3. The van der Waals surface area contributed by atoms with Crippen LogP contribution in [0.3, 0.4) is 0 Å². The van der Waals surface area contributed by atoms with Gasteiger partial charge >= 0.3 is 0 Å². The second-order valence-corrected chi connectivity index (χ2v) is 13.6. The fourth-order valence-corrected chi connectivity index (χ4v) is 7.55. The second-order valence-electron chi connectivity index (χ2n) is 13.6. The van der Waals surface area contributed by atoms with Gasteiger partial charge in [0, 0.05) is 16.7 Å². The van der Waals surface area contributed by atoms with Crippen molar-refractivity contribution in [2.45, 2.75) is 0 Å². The average Bonchev–Trinajstić information content (AvgIpc) is 3.27. The van der Waals surface area contributed by atoms with Crippen LogP contribution < -0.4 is 0 Å². The molecule has 10 aromatic rings. The molecule has 0 amide bonds. The molecule has 1 aromatic heterocycles. The fourth-order valence-electron chi connectivity index (χ4n) is 7.55. The van der Waals surface area contributed by atoms with Gasteiger partial charge in [-0.3, -0.25) is 0 Å². The molecule has 1 heterocycles. The van der Waals surface area contributed by atoms with Crippen molar-refractivity contribution in [1.29, 1.82) is 0 Å². The molecule has 0 aliphatic rings. The number of benzene rings is 9. The van der Waals surface area contributed by atoms with E-state index in [4.69, 9.17) is 15.0 Å². The van der Waals surface area contributed by atoms with Crippen molar-refractivity contribution >= 4 is 32.3 Å². The summed E-state index contributed by atoms with van der Waals surface area (Å²) in [5, 5.41) is 7.63. The van der Waals surface area contributed by atoms with E-state index in [0.717, 1.165) is 33.4 Å². The van der Waals surface area contributed by atoms with Gasteiger partial charge in [-0.2, -0.15) is 0 Å². The number of hydrogen-bond acceptors (Lipinski definition) is 3. The predicted octanol–water partition coefficient (Wildman–Crippen LogP) is 13.3. The second kappa shape index (κ2) is 13.4. The first-order valence-corrected chi connectivity index (χ1v) is 18.3. The maximum Gasteiger partial charge on any atom is 0.164 e. The van der Waals surface area contributed by atoms with Crippen molar-refractivity contribution in [3.05, 3.63) is 200 Å². The highest BCUT2D eigenvalue weighted by Crippen LogP contribution is 2.37. The topological polar surface area (TPSA) is 38.7 Å². The lowest BCUT2D eigenvalue weighted by Gasteiger charge is -2.12. The lowest BCUT2D eigenvalue weighted by atomic mass is 9.92. The predicted molar refractivity (Wildman–Crippen MR) is 225 cm³/mol. The minimum absolute atomic E-state index is 0.636. The zero-order valence-corrected chi connectivity index (χ0v) is 29.4. The Balaban J connectivity index is 1.04. The van der Waals surface area contributed by atoms with E-state index in [2.05, 4.69) is 188 Å². The molecule has 0 aliphatic carbocycles. The van der Waals surface area contributed by atoms with Crippen LogP contribution in [0.15, 0.2) is 200 Å². The number of hydrogen-bond donors (Lipinski definition) is 0. The Kier molecular flexibility index (Phi) is 7.81. The summed E-state index contributed by atoms with van der Waals surface area (Å²) in [6, 6.07) is 70.6. The largest absolute Gasteiger partial charge is 0.208 e. The number of rotatable bonds is 6. The van der Waals surface area contributed by atoms with Crippen LogP contribution in [0.25, 0.3) is 99.9 Å². The third-order valence-electron chi connectivity index (χ3n) is 10.4. The lowest BCUT2D eigenvalue weighted by Crippen LogP contribution is -2.00. The van der Waals surface area contributed by atoms with Crippen LogP contribution in [-0.2, 0) is 0 Å². The zero-order chi connectivity index (χ0) is 35.8. The zero-order valence-electron chi connectivity index (χ0n) is 29.4. The maximum atomic E-state index is 5.05. The van der Waals surface area contributed by atoms with Crippen molar-refractivity contribution in [3.63, 3.8) is 0 Å². The molecule has 0 unspecified atom stereocenters. The van der Waals surface area contributed by atoms with Gasteiger partial charge in [0.15, 0.2) is 17.5 Å².